The molecule has 48 valence electrons. The molecule has 0 atom stereocenters. The summed E-state index contributed by atoms with van der Waals surface area (Å²) in [5, 5.41) is 0. The summed E-state index contributed by atoms with van der Waals surface area (Å²) in [6.07, 6.45) is 0. The maximum Gasteiger partial charge on any atom is -0.0398 e. The van der Waals surface area contributed by atoms with Gasteiger partial charge in [-0.1, -0.05) is 29.3 Å². The van der Waals surface area contributed by atoms with E-state index in [0.29, 0.717) is 5.69 Å². The van der Waals surface area contributed by atoms with Crippen molar-refractivity contribution < 1.29 is 0 Å². The number of aryl methyl sites for hydroxylation is 2. The molecule has 0 spiro atoms. The van der Waals surface area contributed by atoms with E-state index in [-0.39, 0.29) is 0 Å². The summed E-state index contributed by atoms with van der Waals surface area (Å²) in [4.78, 5) is 0. The van der Waals surface area contributed by atoms with E-state index in [1.165, 1.54) is 11.1 Å². The van der Waals surface area contributed by atoms with Crippen LogP contribution in [0.2, 0.25) is 0 Å². The van der Waals surface area contributed by atoms with Crippen LogP contribution in [-0.2, 0) is 0 Å². The molecule has 0 saturated heterocycles. The van der Waals surface area contributed by atoms with Crippen LogP contribution in [0, 0.1) is 13.8 Å². The van der Waals surface area contributed by atoms with Crippen LogP contribution >= 0.6 is 0 Å². The Bertz CT molecular complexity index is 165. The maximum absolute atomic E-state index is 7.28. The summed E-state index contributed by atoms with van der Waals surface area (Å²) in [6, 6.07) is 5.78. The SMILES string of the molecule is Cc1cc(C)cc([NH-])c1. The summed E-state index contributed by atoms with van der Waals surface area (Å²) in [5.41, 5.74) is 10.2. The molecule has 1 aromatic rings. The van der Waals surface area contributed by atoms with Crippen LogP contribution in [0.1, 0.15) is 11.1 Å². The van der Waals surface area contributed by atoms with E-state index < -0.39 is 0 Å². The van der Waals surface area contributed by atoms with Gasteiger partial charge in [0, 0.05) is 0 Å². The molecule has 1 heteroatoms. The van der Waals surface area contributed by atoms with Gasteiger partial charge in [0.15, 0.2) is 0 Å². The highest BCUT2D eigenvalue weighted by molar-refractivity contribution is 5.47. The molecule has 0 aromatic heterocycles. The van der Waals surface area contributed by atoms with Gasteiger partial charge in [0.1, 0.15) is 0 Å². The Labute approximate surface area is 55.5 Å². The van der Waals surface area contributed by atoms with Crippen LogP contribution < -0.4 is 0 Å². The lowest BCUT2D eigenvalue weighted by Gasteiger charge is -2.04. The smallest absolute Gasteiger partial charge is 0.0398 e. The fourth-order valence-corrected chi connectivity index (χ4v) is 0.975. The van der Waals surface area contributed by atoms with Gasteiger partial charge in [-0.05, 0) is 13.8 Å². The molecular weight excluding hydrogens is 110 g/mol. The van der Waals surface area contributed by atoms with Crippen molar-refractivity contribution in [1.82, 2.24) is 0 Å². The number of rotatable bonds is 0. The Hall–Kier alpha value is -0.980. The Balaban J connectivity index is 3.17. The van der Waals surface area contributed by atoms with E-state index in [9.17, 15) is 0 Å². The molecule has 0 saturated carbocycles. The van der Waals surface area contributed by atoms with Crippen molar-refractivity contribution in [1.29, 1.82) is 0 Å². The highest BCUT2D eigenvalue weighted by atomic mass is 14.5. The average Bonchev–Trinajstić information content (AvgIpc) is 1.59. The van der Waals surface area contributed by atoms with Crippen LogP contribution in [0.25, 0.3) is 5.73 Å². The third-order valence-electron chi connectivity index (χ3n) is 1.22. The van der Waals surface area contributed by atoms with E-state index in [4.69, 9.17) is 5.73 Å². The van der Waals surface area contributed by atoms with E-state index in [0.717, 1.165) is 0 Å². The summed E-state index contributed by atoms with van der Waals surface area (Å²) < 4.78 is 0. The Kier molecular flexibility index (Phi) is 1.43. The van der Waals surface area contributed by atoms with Crippen molar-refractivity contribution in [2.24, 2.45) is 0 Å². The van der Waals surface area contributed by atoms with Crippen molar-refractivity contribution in [2.75, 3.05) is 0 Å². The average molecular weight is 120 g/mol. The minimum atomic E-state index is 0.604. The van der Waals surface area contributed by atoms with Gasteiger partial charge in [0.25, 0.3) is 0 Å². The second-order valence-corrected chi connectivity index (χ2v) is 2.38. The summed E-state index contributed by atoms with van der Waals surface area (Å²) in [6.45, 7) is 4.01. The molecule has 1 aromatic carbocycles. The lowest BCUT2D eigenvalue weighted by atomic mass is 10.1. The molecule has 0 radical (unpaired) electrons. The topological polar surface area (TPSA) is 23.8 Å². The van der Waals surface area contributed by atoms with Crippen molar-refractivity contribution >= 4 is 5.69 Å². The molecule has 0 amide bonds. The molecule has 0 bridgehead atoms. The molecule has 9 heavy (non-hydrogen) atoms. The fraction of sp³-hybridized carbons (Fsp3) is 0.250. The molecule has 1 N–H and O–H groups in total. The lowest BCUT2D eigenvalue weighted by Crippen LogP contribution is -1.73. The molecule has 0 aliphatic heterocycles. The van der Waals surface area contributed by atoms with Gasteiger partial charge in [-0.3, -0.25) is 0 Å². The highest BCUT2D eigenvalue weighted by Crippen LogP contribution is 2.14. The molecule has 1 nitrogen and oxygen atoms in total. The molecule has 0 aliphatic rings. The van der Waals surface area contributed by atoms with Crippen LogP contribution in [-0.4, -0.2) is 0 Å². The van der Waals surface area contributed by atoms with E-state index in [1.54, 1.807) is 0 Å². The normalized spacial score (nSPS) is 9.56. The standard InChI is InChI=1S/C8H10N/c1-6-3-7(2)5-8(9)4-6/h3-5,9H,1-2H3/q-1. The Morgan fingerprint density at radius 3 is 1.78 bits per heavy atom. The van der Waals surface area contributed by atoms with Crippen LogP contribution in [0.3, 0.4) is 0 Å². The molecule has 0 unspecified atom stereocenters. The first-order valence-electron chi connectivity index (χ1n) is 2.98. The van der Waals surface area contributed by atoms with Gasteiger partial charge in [-0.2, -0.15) is 0 Å². The van der Waals surface area contributed by atoms with Gasteiger partial charge in [0.2, 0.25) is 0 Å². The molecule has 0 heterocycles. The number of benzene rings is 1. The second kappa shape index (κ2) is 2.09. The maximum atomic E-state index is 7.28. The van der Waals surface area contributed by atoms with Crippen molar-refractivity contribution in [3.8, 4) is 0 Å². The third kappa shape index (κ3) is 1.46. The van der Waals surface area contributed by atoms with Crippen LogP contribution in [0.15, 0.2) is 18.2 Å². The Morgan fingerprint density at radius 1 is 1.00 bits per heavy atom. The quantitative estimate of drug-likeness (QED) is 0.502. The van der Waals surface area contributed by atoms with Crippen LogP contribution in [0.5, 0.6) is 0 Å². The zero-order chi connectivity index (χ0) is 6.85. The summed E-state index contributed by atoms with van der Waals surface area (Å²) in [5.74, 6) is 0. The highest BCUT2D eigenvalue weighted by Gasteiger charge is 1.83. The van der Waals surface area contributed by atoms with Gasteiger partial charge in [-0.15, -0.1) is 5.69 Å². The van der Waals surface area contributed by atoms with Crippen molar-refractivity contribution in [3.05, 3.63) is 35.1 Å². The van der Waals surface area contributed by atoms with Crippen molar-refractivity contribution in [2.45, 2.75) is 13.8 Å². The Morgan fingerprint density at radius 2 is 1.44 bits per heavy atom. The minimum Gasteiger partial charge on any atom is -0.699 e. The zero-order valence-electron chi connectivity index (χ0n) is 5.73. The minimum absolute atomic E-state index is 0.604. The molecule has 0 aliphatic carbocycles. The first kappa shape index (κ1) is 6.14. The largest absolute Gasteiger partial charge is 0.699 e. The summed E-state index contributed by atoms with van der Waals surface area (Å²) >= 11 is 0. The fourth-order valence-electron chi connectivity index (χ4n) is 0.975. The van der Waals surface area contributed by atoms with Gasteiger partial charge < -0.3 is 5.73 Å². The van der Waals surface area contributed by atoms with Gasteiger partial charge in [0.05, 0.1) is 0 Å². The molecule has 1 rings (SSSR count). The van der Waals surface area contributed by atoms with Crippen LogP contribution in [0.4, 0.5) is 5.69 Å². The number of hydrogen-bond acceptors (Lipinski definition) is 0. The predicted octanol–water partition coefficient (Wildman–Crippen LogP) is 2.99. The van der Waals surface area contributed by atoms with Gasteiger partial charge >= 0.3 is 0 Å². The van der Waals surface area contributed by atoms with Crippen molar-refractivity contribution in [3.63, 3.8) is 0 Å². The zero-order valence-corrected chi connectivity index (χ0v) is 5.73. The first-order chi connectivity index (χ1) is 4.18. The first-order valence-corrected chi connectivity index (χ1v) is 2.98. The van der Waals surface area contributed by atoms with E-state index in [1.807, 2.05) is 26.0 Å². The van der Waals surface area contributed by atoms with Gasteiger partial charge in [-0.25, -0.2) is 0 Å². The van der Waals surface area contributed by atoms with E-state index in [2.05, 4.69) is 6.07 Å². The van der Waals surface area contributed by atoms with E-state index >= 15 is 0 Å². The number of hydrogen-bond donors (Lipinski definition) is 0. The molecule has 0 fully saturated rings. The second-order valence-electron chi connectivity index (χ2n) is 2.38. The number of nitrogens with one attached hydrogen (secondary N) is 1. The third-order valence-corrected chi connectivity index (χ3v) is 1.22. The predicted molar refractivity (Wildman–Crippen MR) is 39.9 cm³/mol. The monoisotopic (exact) mass is 120 g/mol. The lowest BCUT2D eigenvalue weighted by molar-refractivity contribution is 1.40. The molecular formula is C8H10N-. The summed E-state index contributed by atoms with van der Waals surface area (Å²) in [7, 11) is 0.